The summed E-state index contributed by atoms with van der Waals surface area (Å²) < 4.78 is 26.9. The number of hydrogen-bond acceptors (Lipinski definition) is 5. The lowest BCUT2D eigenvalue weighted by molar-refractivity contribution is -0.384. The molecular formula is C19H23N3O5S. The summed E-state index contributed by atoms with van der Waals surface area (Å²) in [5, 5.41) is 13.3. The van der Waals surface area contributed by atoms with Crippen LogP contribution in [0.3, 0.4) is 0 Å². The van der Waals surface area contributed by atoms with Crippen molar-refractivity contribution in [2.24, 2.45) is 0 Å². The first-order valence-corrected chi connectivity index (χ1v) is 10.4. The van der Waals surface area contributed by atoms with E-state index in [0.29, 0.717) is 18.8 Å². The molecule has 0 saturated carbocycles. The van der Waals surface area contributed by atoms with Gasteiger partial charge in [-0.25, -0.2) is 8.42 Å². The zero-order chi connectivity index (χ0) is 20.7. The normalized spacial score (nSPS) is 11.4. The topological polar surface area (TPSA) is 110 Å². The molecule has 1 N–H and O–H groups in total. The van der Waals surface area contributed by atoms with E-state index in [9.17, 15) is 23.3 Å². The van der Waals surface area contributed by atoms with Crippen molar-refractivity contribution < 1.29 is 18.1 Å². The highest BCUT2D eigenvalue weighted by molar-refractivity contribution is 7.89. The van der Waals surface area contributed by atoms with Crippen molar-refractivity contribution in [1.82, 2.24) is 4.31 Å². The molecule has 0 atom stereocenters. The first-order valence-electron chi connectivity index (χ1n) is 8.95. The number of amides is 1. The third kappa shape index (κ3) is 5.14. The van der Waals surface area contributed by atoms with Crippen LogP contribution in [0.15, 0.2) is 53.4 Å². The van der Waals surface area contributed by atoms with E-state index in [1.165, 1.54) is 52.8 Å². The number of nitro groups is 1. The second-order valence-electron chi connectivity index (χ2n) is 6.19. The molecule has 0 saturated heterocycles. The summed E-state index contributed by atoms with van der Waals surface area (Å²) in [7, 11) is -3.58. The predicted octanol–water partition coefficient (Wildman–Crippen LogP) is 3.66. The van der Waals surface area contributed by atoms with Crippen LogP contribution >= 0.6 is 0 Å². The summed E-state index contributed by atoms with van der Waals surface area (Å²) in [6.45, 7) is 4.76. The highest BCUT2D eigenvalue weighted by Gasteiger charge is 2.23. The number of non-ortho nitro benzene ring substituents is 1. The van der Waals surface area contributed by atoms with Gasteiger partial charge in [0.15, 0.2) is 0 Å². The van der Waals surface area contributed by atoms with Crippen LogP contribution in [0, 0.1) is 10.1 Å². The highest BCUT2D eigenvalue weighted by atomic mass is 32.2. The molecule has 1 amide bonds. The second-order valence-corrected chi connectivity index (χ2v) is 8.12. The molecule has 0 fully saturated rings. The summed E-state index contributed by atoms with van der Waals surface area (Å²) in [6.07, 6.45) is 1.45. The maximum absolute atomic E-state index is 12.7. The Balaban J connectivity index is 2.13. The summed E-state index contributed by atoms with van der Waals surface area (Å²) >= 11 is 0. The molecule has 0 aliphatic carbocycles. The van der Waals surface area contributed by atoms with Gasteiger partial charge in [-0.2, -0.15) is 4.31 Å². The number of benzene rings is 2. The van der Waals surface area contributed by atoms with Gasteiger partial charge in [0.25, 0.3) is 11.6 Å². The molecular weight excluding hydrogens is 382 g/mol. The molecule has 0 aromatic heterocycles. The SMILES string of the molecule is CCCN(CCC)S(=O)(=O)c1ccc(NC(=O)c2ccc([N+](=O)[O-])cc2)cc1. The largest absolute Gasteiger partial charge is 0.322 e. The molecule has 0 aliphatic rings. The minimum Gasteiger partial charge on any atom is -0.322 e. The average molecular weight is 405 g/mol. The third-order valence-electron chi connectivity index (χ3n) is 4.04. The van der Waals surface area contributed by atoms with E-state index >= 15 is 0 Å². The first kappa shape index (κ1) is 21.5. The second kappa shape index (κ2) is 9.43. The molecule has 0 unspecified atom stereocenters. The van der Waals surface area contributed by atoms with Crippen LogP contribution in [0.25, 0.3) is 0 Å². The van der Waals surface area contributed by atoms with Crippen LogP contribution in [0.4, 0.5) is 11.4 Å². The summed E-state index contributed by atoms with van der Waals surface area (Å²) in [6, 6.07) is 11.2. The van der Waals surface area contributed by atoms with Gasteiger partial charge in [-0.05, 0) is 49.2 Å². The molecule has 2 aromatic rings. The van der Waals surface area contributed by atoms with E-state index < -0.39 is 20.9 Å². The third-order valence-corrected chi connectivity index (χ3v) is 5.95. The Morgan fingerprint density at radius 2 is 1.54 bits per heavy atom. The van der Waals surface area contributed by atoms with Gasteiger partial charge in [-0.1, -0.05) is 13.8 Å². The molecule has 8 nitrogen and oxygen atoms in total. The van der Waals surface area contributed by atoms with Crippen molar-refractivity contribution in [3.8, 4) is 0 Å². The lowest BCUT2D eigenvalue weighted by atomic mass is 10.2. The van der Waals surface area contributed by atoms with Crippen LogP contribution in [0.1, 0.15) is 37.0 Å². The van der Waals surface area contributed by atoms with Crippen molar-refractivity contribution in [3.05, 3.63) is 64.2 Å². The van der Waals surface area contributed by atoms with E-state index in [2.05, 4.69) is 5.32 Å². The minimum atomic E-state index is -3.58. The first-order chi connectivity index (χ1) is 13.3. The van der Waals surface area contributed by atoms with Gasteiger partial charge in [0.1, 0.15) is 0 Å². The van der Waals surface area contributed by atoms with E-state index in [1.807, 2.05) is 13.8 Å². The molecule has 0 aliphatic heterocycles. The Morgan fingerprint density at radius 1 is 1.00 bits per heavy atom. The molecule has 2 aromatic carbocycles. The van der Waals surface area contributed by atoms with Crippen LogP contribution in [0.5, 0.6) is 0 Å². The lowest BCUT2D eigenvalue weighted by Crippen LogP contribution is -2.32. The minimum absolute atomic E-state index is 0.102. The molecule has 2 rings (SSSR count). The maximum atomic E-state index is 12.7. The van der Waals surface area contributed by atoms with Gasteiger partial charge in [0.2, 0.25) is 10.0 Å². The van der Waals surface area contributed by atoms with Gasteiger partial charge in [-0.3, -0.25) is 14.9 Å². The summed E-state index contributed by atoms with van der Waals surface area (Å²) in [4.78, 5) is 22.5. The number of sulfonamides is 1. The zero-order valence-corrected chi connectivity index (χ0v) is 16.6. The number of rotatable bonds is 9. The fourth-order valence-corrected chi connectivity index (χ4v) is 4.27. The molecule has 0 spiro atoms. The maximum Gasteiger partial charge on any atom is 0.269 e. The van der Waals surface area contributed by atoms with Crippen LogP contribution in [-0.4, -0.2) is 36.6 Å². The number of hydrogen-bond donors (Lipinski definition) is 1. The quantitative estimate of drug-likeness (QED) is 0.506. The fraction of sp³-hybridized carbons (Fsp3) is 0.316. The van der Waals surface area contributed by atoms with E-state index in [-0.39, 0.29) is 16.1 Å². The van der Waals surface area contributed by atoms with Crippen molar-refractivity contribution in [3.63, 3.8) is 0 Å². The fourth-order valence-electron chi connectivity index (χ4n) is 2.65. The molecule has 9 heteroatoms. The van der Waals surface area contributed by atoms with Gasteiger partial charge < -0.3 is 5.32 Å². The predicted molar refractivity (Wildman–Crippen MR) is 107 cm³/mol. The van der Waals surface area contributed by atoms with Crippen LogP contribution in [0.2, 0.25) is 0 Å². The molecule has 0 heterocycles. The highest BCUT2D eigenvalue weighted by Crippen LogP contribution is 2.20. The Morgan fingerprint density at radius 3 is 2.00 bits per heavy atom. The lowest BCUT2D eigenvalue weighted by Gasteiger charge is -2.21. The van der Waals surface area contributed by atoms with Gasteiger partial charge in [0.05, 0.1) is 9.82 Å². The van der Waals surface area contributed by atoms with E-state index in [0.717, 1.165) is 12.8 Å². The molecule has 150 valence electrons. The number of nitrogens with one attached hydrogen (secondary N) is 1. The monoisotopic (exact) mass is 405 g/mol. The number of carbonyl (C=O) groups excluding carboxylic acids is 1. The van der Waals surface area contributed by atoms with Gasteiger partial charge >= 0.3 is 0 Å². The summed E-state index contributed by atoms with van der Waals surface area (Å²) in [5.41, 5.74) is 0.592. The van der Waals surface area contributed by atoms with Gasteiger partial charge in [0, 0.05) is 36.5 Å². The standard InChI is InChI=1S/C19H23N3O5S/c1-3-13-21(14-4-2)28(26,27)18-11-7-16(8-12-18)20-19(23)15-5-9-17(10-6-15)22(24)25/h5-12H,3-4,13-14H2,1-2H3,(H,20,23). The molecule has 0 bridgehead atoms. The Labute approximate surface area is 164 Å². The van der Waals surface area contributed by atoms with Crippen LogP contribution in [-0.2, 0) is 10.0 Å². The Bertz CT molecular complexity index is 919. The van der Waals surface area contributed by atoms with Crippen molar-refractivity contribution in [2.75, 3.05) is 18.4 Å². The number of nitro benzene ring substituents is 1. The van der Waals surface area contributed by atoms with Crippen molar-refractivity contribution >= 4 is 27.3 Å². The Kier molecular flexibility index (Phi) is 7.24. The van der Waals surface area contributed by atoms with Crippen molar-refractivity contribution in [2.45, 2.75) is 31.6 Å². The van der Waals surface area contributed by atoms with Crippen LogP contribution < -0.4 is 5.32 Å². The van der Waals surface area contributed by atoms with E-state index in [1.54, 1.807) is 0 Å². The van der Waals surface area contributed by atoms with Gasteiger partial charge in [-0.15, -0.1) is 0 Å². The zero-order valence-electron chi connectivity index (χ0n) is 15.8. The molecule has 28 heavy (non-hydrogen) atoms. The average Bonchev–Trinajstić information content (AvgIpc) is 2.68. The Hall–Kier alpha value is -2.78. The number of nitrogens with zero attached hydrogens (tertiary/aromatic N) is 2. The number of carbonyl (C=O) groups is 1. The molecule has 0 radical (unpaired) electrons. The van der Waals surface area contributed by atoms with Crippen molar-refractivity contribution in [1.29, 1.82) is 0 Å². The summed E-state index contributed by atoms with van der Waals surface area (Å²) in [5.74, 6) is -0.441. The smallest absolute Gasteiger partial charge is 0.269 e. The number of anilines is 1. The van der Waals surface area contributed by atoms with E-state index in [4.69, 9.17) is 0 Å².